The summed E-state index contributed by atoms with van der Waals surface area (Å²) in [6.45, 7) is 3.16. The molecule has 1 atom stereocenters. The minimum atomic E-state index is -3.42. The lowest BCUT2D eigenvalue weighted by Crippen LogP contribution is -2.53. The second kappa shape index (κ2) is 12.7. The Morgan fingerprint density at radius 1 is 1.04 bits per heavy atom. The first kappa shape index (κ1) is 31.4. The number of alkyl halides is 2. The van der Waals surface area contributed by atoms with E-state index in [1.807, 2.05) is 50.4 Å². The van der Waals surface area contributed by atoms with E-state index in [1.54, 1.807) is 4.68 Å². The number of anilines is 1. The van der Waals surface area contributed by atoms with Gasteiger partial charge >= 0.3 is 5.92 Å². The standard InChI is InChI=1S/C33H38BrF2N5O4/c1-20-25(34)6-4-8-27(20)45-22-11-9-21(10-12-22)19-33(35,36)32(44)41-17-15-40(16-18-41)26-7-3-5-23-29(38-39(2)30(23)26)24-13-14-28(42)37-31(24)43/h3-8,21-22,24H,9-19H2,1-2H3,(H,37,42,43). The van der Waals surface area contributed by atoms with Crippen LogP contribution in [0.3, 0.4) is 0 Å². The van der Waals surface area contributed by atoms with Gasteiger partial charge in [0, 0.05) is 61.5 Å². The molecule has 6 rings (SSSR count). The third-order valence-electron chi connectivity index (χ3n) is 9.51. The number of nitrogens with zero attached hydrogens (tertiary/aromatic N) is 4. The molecule has 3 amide bonds. The van der Waals surface area contributed by atoms with Crippen LogP contribution in [-0.2, 0) is 21.4 Å². The molecule has 2 saturated heterocycles. The van der Waals surface area contributed by atoms with Gasteiger partial charge in [0.05, 0.1) is 28.9 Å². The first-order chi connectivity index (χ1) is 21.5. The molecule has 3 aromatic rings. The van der Waals surface area contributed by atoms with Crippen LogP contribution in [0, 0.1) is 12.8 Å². The summed E-state index contributed by atoms with van der Waals surface area (Å²) in [6, 6.07) is 11.5. The van der Waals surface area contributed by atoms with Crippen molar-refractivity contribution in [2.45, 2.75) is 69.8 Å². The van der Waals surface area contributed by atoms with E-state index >= 15 is 8.78 Å². The molecular formula is C33H38BrF2N5O4. The summed E-state index contributed by atoms with van der Waals surface area (Å²) in [6.07, 6.45) is 2.78. The van der Waals surface area contributed by atoms with Gasteiger partial charge < -0.3 is 14.5 Å². The van der Waals surface area contributed by atoms with Crippen molar-refractivity contribution in [2.75, 3.05) is 31.1 Å². The number of aromatic nitrogens is 2. The molecular weight excluding hydrogens is 648 g/mol. The molecule has 12 heteroatoms. The monoisotopic (exact) mass is 685 g/mol. The summed E-state index contributed by atoms with van der Waals surface area (Å²) in [5.74, 6) is -5.07. The van der Waals surface area contributed by atoms with Crippen molar-refractivity contribution in [1.29, 1.82) is 0 Å². The van der Waals surface area contributed by atoms with E-state index < -0.39 is 24.2 Å². The minimum absolute atomic E-state index is 0.0179. The number of halogens is 3. The maximum Gasteiger partial charge on any atom is 0.325 e. The molecule has 0 radical (unpaired) electrons. The number of ether oxygens (including phenoxy) is 1. The van der Waals surface area contributed by atoms with E-state index in [4.69, 9.17) is 4.74 Å². The number of piperidine rings is 1. The molecule has 240 valence electrons. The molecule has 3 heterocycles. The summed E-state index contributed by atoms with van der Waals surface area (Å²) in [5, 5.41) is 7.88. The summed E-state index contributed by atoms with van der Waals surface area (Å²) in [4.78, 5) is 40.6. The van der Waals surface area contributed by atoms with Crippen LogP contribution in [0.5, 0.6) is 5.75 Å². The van der Waals surface area contributed by atoms with Crippen LogP contribution in [0.15, 0.2) is 40.9 Å². The normalized spacial score (nSPS) is 22.9. The SMILES string of the molecule is Cc1c(Br)cccc1OC1CCC(CC(F)(F)C(=O)N2CCN(c3cccc4c(C5CCC(=O)NC5=O)nn(C)c34)CC2)CC1. The molecule has 2 aliphatic heterocycles. The van der Waals surface area contributed by atoms with Crippen LogP contribution in [-0.4, -0.2) is 70.6 Å². The molecule has 1 aliphatic carbocycles. The number of carbonyl (C=O) groups is 3. The Kier molecular flexibility index (Phi) is 8.87. The summed E-state index contributed by atoms with van der Waals surface area (Å²) >= 11 is 3.52. The van der Waals surface area contributed by atoms with Gasteiger partial charge in [-0.25, -0.2) is 0 Å². The van der Waals surface area contributed by atoms with Crippen molar-refractivity contribution in [3.63, 3.8) is 0 Å². The number of piperazine rings is 1. The van der Waals surface area contributed by atoms with Crippen molar-refractivity contribution < 1.29 is 27.9 Å². The number of rotatable bonds is 7. The van der Waals surface area contributed by atoms with Crippen molar-refractivity contribution >= 4 is 50.2 Å². The fourth-order valence-corrected chi connectivity index (χ4v) is 7.34. The molecule has 2 aromatic carbocycles. The summed E-state index contributed by atoms with van der Waals surface area (Å²) in [7, 11) is 1.81. The number of nitrogens with one attached hydrogen (secondary N) is 1. The molecule has 3 fully saturated rings. The van der Waals surface area contributed by atoms with Crippen LogP contribution in [0.4, 0.5) is 14.5 Å². The van der Waals surface area contributed by atoms with Gasteiger partial charge in [-0.15, -0.1) is 0 Å². The maximum atomic E-state index is 15.3. The Hall–Kier alpha value is -3.54. The maximum absolute atomic E-state index is 15.3. The lowest BCUT2D eigenvalue weighted by molar-refractivity contribution is -0.160. The fourth-order valence-electron chi connectivity index (χ4n) is 6.99. The van der Waals surface area contributed by atoms with E-state index in [0.29, 0.717) is 50.9 Å². The zero-order chi connectivity index (χ0) is 31.9. The first-order valence-electron chi connectivity index (χ1n) is 15.6. The lowest BCUT2D eigenvalue weighted by atomic mass is 9.83. The van der Waals surface area contributed by atoms with E-state index in [0.717, 1.165) is 32.4 Å². The number of para-hydroxylation sites is 1. The largest absolute Gasteiger partial charge is 0.490 e. The lowest BCUT2D eigenvalue weighted by Gasteiger charge is -2.38. The van der Waals surface area contributed by atoms with Crippen molar-refractivity contribution in [3.8, 4) is 5.75 Å². The molecule has 1 unspecified atom stereocenters. The average molecular weight is 687 g/mol. The second-order valence-electron chi connectivity index (χ2n) is 12.5. The number of aryl methyl sites for hydroxylation is 1. The van der Waals surface area contributed by atoms with Gasteiger partial charge in [0.2, 0.25) is 11.8 Å². The van der Waals surface area contributed by atoms with Crippen molar-refractivity contribution in [1.82, 2.24) is 20.0 Å². The van der Waals surface area contributed by atoms with Gasteiger partial charge in [-0.3, -0.25) is 24.4 Å². The van der Waals surface area contributed by atoms with Gasteiger partial charge in [0.25, 0.3) is 5.91 Å². The molecule has 1 saturated carbocycles. The minimum Gasteiger partial charge on any atom is -0.490 e. The highest BCUT2D eigenvalue weighted by atomic mass is 79.9. The Bertz CT molecular complexity index is 1610. The van der Waals surface area contributed by atoms with E-state index in [-0.39, 0.29) is 43.3 Å². The number of benzene rings is 2. The topological polar surface area (TPSA) is 96.8 Å². The Balaban J connectivity index is 1.05. The van der Waals surface area contributed by atoms with Gasteiger partial charge in [0.15, 0.2) is 0 Å². The van der Waals surface area contributed by atoms with Crippen LogP contribution < -0.4 is 15.0 Å². The molecule has 0 spiro atoms. The fraction of sp³-hybridized carbons (Fsp3) is 0.515. The predicted molar refractivity (Wildman–Crippen MR) is 169 cm³/mol. The van der Waals surface area contributed by atoms with Crippen LogP contribution in [0.25, 0.3) is 10.9 Å². The van der Waals surface area contributed by atoms with Gasteiger partial charge in [0.1, 0.15) is 5.75 Å². The van der Waals surface area contributed by atoms with Crippen LogP contribution in [0.2, 0.25) is 0 Å². The smallest absolute Gasteiger partial charge is 0.325 e. The van der Waals surface area contributed by atoms with Crippen molar-refractivity contribution in [3.05, 3.63) is 52.1 Å². The first-order valence-corrected chi connectivity index (χ1v) is 16.4. The number of amides is 3. The number of fused-ring (bicyclic) bond motifs is 1. The zero-order valence-corrected chi connectivity index (χ0v) is 27.1. The van der Waals surface area contributed by atoms with Gasteiger partial charge in [-0.1, -0.05) is 34.1 Å². The predicted octanol–water partition coefficient (Wildman–Crippen LogP) is 5.48. The van der Waals surface area contributed by atoms with Crippen LogP contribution >= 0.6 is 15.9 Å². The Morgan fingerprint density at radius 3 is 2.47 bits per heavy atom. The highest BCUT2D eigenvalue weighted by Crippen LogP contribution is 2.38. The Morgan fingerprint density at radius 2 is 1.76 bits per heavy atom. The van der Waals surface area contributed by atoms with E-state index in [9.17, 15) is 14.4 Å². The number of hydrogen-bond donors (Lipinski definition) is 1. The van der Waals surface area contributed by atoms with Crippen LogP contribution in [0.1, 0.15) is 62.1 Å². The molecule has 3 aliphatic rings. The van der Waals surface area contributed by atoms with Crippen molar-refractivity contribution in [2.24, 2.45) is 13.0 Å². The van der Waals surface area contributed by atoms with Gasteiger partial charge in [-0.2, -0.15) is 13.9 Å². The van der Waals surface area contributed by atoms with E-state index in [2.05, 4.69) is 31.2 Å². The Labute approximate surface area is 269 Å². The zero-order valence-electron chi connectivity index (χ0n) is 25.5. The average Bonchev–Trinajstić information content (AvgIpc) is 3.36. The molecule has 1 N–H and O–H groups in total. The highest BCUT2D eigenvalue weighted by Gasteiger charge is 2.45. The quantitative estimate of drug-likeness (QED) is 0.331. The summed E-state index contributed by atoms with van der Waals surface area (Å²) in [5.41, 5.74) is 3.34. The molecule has 9 nitrogen and oxygen atoms in total. The molecule has 0 bridgehead atoms. The number of hydrogen-bond acceptors (Lipinski definition) is 6. The van der Waals surface area contributed by atoms with E-state index in [1.165, 1.54) is 4.90 Å². The third kappa shape index (κ3) is 6.43. The number of carbonyl (C=O) groups excluding carboxylic acids is 3. The molecule has 1 aromatic heterocycles. The third-order valence-corrected chi connectivity index (χ3v) is 10.4. The highest BCUT2D eigenvalue weighted by molar-refractivity contribution is 9.10. The second-order valence-corrected chi connectivity index (χ2v) is 13.4. The van der Waals surface area contributed by atoms with Gasteiger partial charge in [-0.05, 0) is 63.1 Å². The summed E-state index contributed by atoms with van der Waals surface area (Å²) < 4.78 is 39.6. The molecule has 45 heavy (non-hydrogen) atoms. The number of imide groups is 1.